The van der Waals surface area contributed by atoms with E-state index in [0.29, 0.717) is 22.4 Å². The highest BCUT2D eigenvalue weighted by Crippen LogP contribution is 2.16. The highest BCUT2D eigenvalue weighted by molar-refractivity contribution is 5.91. The van der Waals surface area contributed by atoms with Crippen molar-refractivity contribution in [3.05, 3.63) is 88.6 Å². The number of carbonyl (C=O) groups is 1. The number of pyridine rings is 1. The van der Waals surface area contributed by atoms with Crippen LogP contribution in [0.1, 0.15) is 12.5 Å². The van der Waals surface area contributed by atoms with Crippen LogP contribution in [0.2, 0.25) is 0 Å². The third-order valence-corrected chi connectivity index (χ3v) is 4.66. The fourth-order valence-electron chi connectivity index (χ4n) is 3.30. The van der Waals surface area contributed by atoms with Gasteiger partial charge in [0.1, 0.15) is 12.4 Å². The number of aryl methyl sites for hydroxylation is 1. The molecule has 0 fully saturated rings. The quantitative estimate of drug-likeness (QED) is 0.567. The second-order valence-electron chi connectivity index (χ2n) is 6.63. The van der Waals surface area contributed by atoms with Gasteiger partial charge in [-0.1, -0.05) is 25.1 Å². The molecule has 2 aromatic carbocycles. The summed E-state index contributed by atoms with van der Waals surface area (Å²) < 4.78 is 16.4. The van der Waals surface area contributed by atoms with Crippen LogP contribution in [0.3, 0.4) is 0 Å². The molecule has 0 aliphatic carbocycles. The van der Waals surface area contributed by atoms with Crippen molar-refractivity contribution in [3.8, 4) is 5.69 Å². The van der Waals surface area contributed by atoms with Gasteiger partial charge in [0.2, 0.25) is 5.91 Å². The summed E-state index contributed by atoms with van der Waals surface area (Å²) in [6.07, 6.45) is 2.40. The van der Waals surface area contributed by atoms with Crippen LogP contribution in [0.25, 0.3) is 16.7 Å². The molecule has 0 atom stereocenters. The highest BCUT2D eigenvalue weighted by atomic mass is 19.1. The van der Waals surface area contributed by atoms with Gasteiger partial charge < -0.3 is 5.32 Å². The van der Waals surface area contributed by atoms with Crippen molar-refractivity contribution < 1.29 is 9.18 Å². The van der Waals surface area contributed by atoms with Gasteiger partial charge in [-0.05, 0) is 54.4 Å². The van der Waals surface area contributed by atoms with Gasteiger partial charge in [0, 0.05) is 11.9 Å². The van der Waals surface area contributed by atoms with E-state index in [-0.39, 0.29) is 12.1 Å². The van der Waals surface area contributed by atoms with Crippen LogP contribution in [0.5, 0.6) is 0 Å². The number of amides is 1. The molecule has 0 aliphatic rings. The van der Waals surface area contributed by atoms with E-state index in [1.165, 1.54) is 22.9 Å². The van der Waals surface area contributed by atoms with Crippen molar-refractivity contribution in [2.75, 3.05) is 5.32 Å². The lowest BCUT2D eigenvalue weighted by molar-refractivity contribution is -0.116. The third-order valence-electron chi connectivity index (χ3n) is 4.66. The Kier molecular flexibility index (Phi) is 4.95. The molecule has 4 rings (SSSR count). The number of benzene rings is 2. The van der Waals surface area contributed by atoms with Gasteiger partial charge in [0.05, 0.1) is 11.1 Å². The standard InChI is InChI=1S/C22H19FN4O2/c1-2-15-6-3-9-18(12-15)27-22(29)19-10-5-11-24-21(19)26(27)14-20(28)25-17-8-4-7-16(23)13-17/h3-13H,2,14H2,1H3,(H,25,28). The third kappa shape index (κ3) is 3.67. The van der Waals surface area contributed by atoms with Crippen LogP contribution in [0.15, 0.2) is 71.7 Å². The van der Waals surface area contributed by atoms with E-state index in [2.05, 4.69) is 10.3 Å². The SMILES string of the molecule is CCc1cccc(-n2c(=O)c3cccnc3n2CC(=O)Nc2cccc(F)c2)c1. The highest BCUT2D eigenvalue weighted by Gasteiger charge is 2.18. The summed E-state index contributed by atoms with van der Waals surface area (Å²) in [6.45, 7) is 1.88. The predicted octanol–water partition coefficient (Wildman–Crippen LogP) is 3.53. The zero-order valence-electron chi connectivity index (χ0n) is 15.8. The van der Waals surface area contributed by atoms with Gasteiger partial charge in [0.15, 0.2) is 5.65 Å². The van der Waals surface area contributed by atoms with Gasteiger partial charge >= 0.3 is 0 Å². The Morgan fingerprint density at radius 3 is 2.72 bits per heavy atom. The molecule has 0 unspecified atom stereocenters. The number of hydrogen-bond acceptors (Lipinski definition) is 3. The van der Waals surface area contributed by atoms with E-state index < -0.39 is 11.7 Å². The molecule has 146 valence electrons. The molecule has 7 heteroatoms. The van der Waals surface area contributed by atoms with Crippen LogP contribution in [0, 0.1) is 5.82 Å². The Bertz CT molecular complexity index is 1260. The molecule has 0 saturated heterocycles. The van der Waals surface area contributed by atoms with Crippen LogP contribution in [-0.2, 0) is 17.8 Å². The number of anilines is 1. The van der Waals surface area contributed by atoms with Crippen molar-refractivity contribution in [1.82, 2.24) is 14.3 Å². The van der Waals surface area contributed by atoms with Gasteiger partial charge in [-0.25, -0.2) is 14.1 Å². The maximum absolute atomic E-state index is 13.4. The Hall–Kier alpha value is -3.74. The second-order valence-corrected chi connectivity index (χ2v) is 6.63. The molecule has 1 amide bonds. The fraction of sp³-hybridized carbons (Fsp3) is 0.136. The zero-order valence-corrected chi connectivity index (χ0v) is 15.8. The normalized spacial score (nSPS) is 11.0. The average molecular weight is 390 g/mol. The fourth-order valence-corrected chi connectivity index (χ4v) is 3.30. The van der Waals surface area contributed by atoms with E-state index in [4.69, 9.17) is 0 Å². The van der Waals surface area contributed by atoms with Crippen molar-refractivity contribution in [1.29, 1.82) is 0 Å². The summed E-state index contributed by atoms with van der Waals surface area (Å²) >= 11 is 0. The molecule has 0 saturated carbocycles. The maximum atomic E-state index is 13.4. The van der Waals surface area contributed by atoms with E-state index in [1.807, 2.05) is 31.2 Å². The lowest BCUT2D eigenvalue weighted by Crippen LogP contribution is -2.27. The number of fused-ring (bicyclic) bond motifs is 1. The van der Waals surface area contributed by atoms with Crippen molar-refractivity contribution >= 4 is 22.6 Å². The molecule has 0 spiro atoms. The number of hydrogen-bond donors (Lipinski definition) is 1. The summed E-state index contributed by atoms with van der Waals surface area (Å²) in [6, 6.07) is 16.6. The average Bonchev–Trinajstić information content (AvgIpc) is 3.00. The van der Waals surface area contributed by atoms with Gasteiger partial charge in [-0.3, -0.25) is 14.3 Å². The van der Waals surface area contributed by atoms with E-state index >= 15 is 0 Å². The molecular formula is C22H19FN4O2. The van der Waals surface area contributed by atoms with Crippen molar-refractivity contribution in [2.24, 2.45) is 0 Å². The molecule has 4 aromatic rings. The summed E-state index contributed by atoms with van der Waals surface area (Å²) in [5.74, 6) is -0.831. The minimum Gasteiger partial charge on any atom is -0.324 e. The Balaban J connectivity index is 1.78. The Morgan fingerprint density at radius 2 is 1.93 bits per heavy atom. The lowest BCUT2D eigenvalue weighted by Gasteiger charge is -2.13. The first-order valence-corrected chi connectivity index (χ1v) is 9.28. The first-order valence-electron chi connectivity index (χ1n) is 9.28. The van der Waals surface area contributed by atoms with E-state index in [9.17, 15) is 14.0 Å². The first-order chi connectivity index (χ1) is 14.1. The molecule has 1 N–H and O–H groups in total. The molecule has 0 aliphatic heterocycles. The number of carbonyl (C=O) groups excluding carboxylic acids is 1. The van der Waals surface area contributed by atoms with Crippen molar-refractivity contribution in [3.63, 3.8) is 0 Å². The van der Waals surface area contributed by atoms with Gasteiger partial charge in [-0.2, -0.15) is 0 Å². The first kappa shape index (κ1) is 18.6. The molecule has 0 bridgehead atoms. The largest absolute Gasteiger partial charge is 0.324 e. The number of aromatic nitrogens is 3. The maximum Gasteiger partial charge on any atom is 0.280 e. The topological polar surface area (TPSA) is 68.9 Å². The number of nitrogens with zero attached hydrogens (tertiary/aromatic N) is 3. The van der Waals surface area contributed by atoms with Crippen LogP contribution >= 0.6 is 0 Å². The summed E-state index contributed by atoms with van der Waals surface area (Å²) in [4.78, 5) is 30.0. The molecule has 6 nitrogen and oxygen atoms in total. The smallest absolute Gasteiger partial charge is 0.280 e. The zero-order chi connectivity index (χ0) is 20.4. The van der Waals surface area contributed by atoms with E-state index in [0.717, 1.165) is 12.0 Å². The molecule has 2 heterocycles. The van der Waals surface area contributed by atoms with Gasteiger partial charge in [-0.15, -0.1) is 0 Å². The minimum atomic E-state index is -0.441. The molecular weight excluding hydrogens is 371 g/mol. The Labute approximate surface area is 166 Å². The monoisotopic (exact) mass is 390 g/mol. The van der Waals surface area contributed by atoms with Crippen molar-refractivity contribution in [2.45, 2.75) is 19.9 Å². The molecule has 29 heavy (non-hydrogen) atoms. The van der Waals surface area contributed by atoms with Crippen LogP contribution in [0.4, 0.5) is 10.1 Å². The van der Waals surface area contributed by atoms with Crippen LogP contribution in [-0.4, -0.2) is 20.3 Å². The molecule has 2 aromatic heterocycles. The van der Waals surface area contributed by atoms with Crippen LogP contribution < -0.4 is 10.9 Å². The second kappa shape index (κ2) is 7.71. The Morgan fingerprint density at radius 1 is 1.10 bits per heavy atom. The number of nitrogens with one attached hydrogen (secondary N) is 1. The summed E-state index contributed by atoms with van der Waals surface area (Å²) in [7, 11) is 0. The number of rotatable bonds is 5. The van der Waals surface area contributed by atoms with Gasteiger partial charge in [0.25, 0.3) is 5.56 Å². The lowest BCUT2D eigenvalue weighted by atomic mass is 10.1. The summed E-state index contributed by atoms with van der Waals surface area (Å²) in [5.41, 5.74) is 2.24. The van der Waals surface area contributed by atoms with E-state index in [1.54, 1.807) is 29.1 Å². The molecule has 0 radical (unpaired) electrons. The number of halogens is 1. The summed E-state index contributed by atoms with van der Waals surface area (Å²) in [5, 5.41) is 3.09. The predicted molar refractivity (Wildman–Crippen MR) is 110 cm³/mol. The minimum absolute atomic E-state index is 0.150.